The maximum absolute atomic E-state index is 12.3. The lowest BCUT2D eigenvalue weighted by molar-refractivity contribution is -0.116. The molecule has 1 aromatic heterocycles. The van der Waals surface area contributed by atoms with E-state index in [1.165, 1.54) is 30.3 Å². The molecule has 1 heterocycles. The van der Waals surface area contributed by atoms with E-state index in [0.29, 0.717) is 11.4 Å². The van der Waals surface area contributed by atoms with E-state index in [1.807, 2.05) is 26.0 Å². The van der Waals surface area contributed by atoms with E-state index >= 15 is 0 Å². The number of nitrogens with zero attached hydrogens (tertiary/aromatic N) is 1. The molecule has 0 atom stereocenters. The minimum atomic E-state index is -3.57. The number of sulfonamides is 1. The number of methoxy groups -OCH3 is 1. The summed E-state index contributed by atoms with van der Waals surface area (Å²) in [6.07, 6.45) is 0. The van der Waals surface area contributed by atoms with Crippen LogP contribution in [0.2, 0.25) is 0 Å². The van der Waals surface area contributed by atoms with Crippen LogP contribution in [0, 0.1) is 13.8 Å². The highest BCUT2D eigenvalue weighted by Gasteiger charge is 2.19. The molecular weight excluding hydrogens is 360 g/mol. The Kier molecular flexibility index (Phi) is 6.21. The molecule has 0 spiro atoms. The second-order valence-corrected chi connectivity index (χ2v) is 8.89. The smallest absolute Gasteiger partial charge is 0.250 e. The van der Waals surface area contributed by atoms with E-state index in [-0.39, 0.29) is 23.2 Å². The van der Waals surface area contributed by atoms with Crippen molar-refractivity contribution < 1.29 is 17.9 Å². The second-order valence-electron chi connectivity index (χ2n) is 5.61. The summed E-state index contributed by atoms with van der Waals surface area (Å²) in [5, 5.41) is 0. The molecule has 0 fully saturated rings. The predicted molar refractivity (Wildman–Crippen MR) is 100 cm³/mol. The fourth-order valence-electron chi connectivity index (χ4n) is 2.38. The van der Waals surface area contributed by atoms with Gasteiger partial charge in [-0.1, -0.05) is 6.07 Å². The maximum atomic E-state index is 12.3. The zero-order chi connectivity index (χ0) is 18.6. The first-order valence-electron chi connectivity index (χ1n) is 7.73. The van der Waals surface area contributed by atoms with E-state index in [4.69, 9.17) is 4.74 Å². The van der Waals surface area contributed by atoms with Crippen LogP contribution in [0.15, 0.2) is 34.5 Å². The maximum Gasteiger partial charge on any atom is 0.250 e. The number of hydrogen-bond donors (Lipinski definition) is 1. The highest BCUT2D eigenvalue weighted by Crippen LogP contribution is 2.29. The van der Waals surface area contributed by atoms with Gasteiger partial charge < -0.3 is 9.64 Å². The molecule has 1 aromatic carbocycles. The van der Waals surface area contributed by atoms with Crippen LogP contribution in [0.3, 0.4) is 0 Å². The molecule has 136 valence electrons. The van der Waals surface area contributed by atoms with Crippen molar-refractivity contribution in [3.8, 4) is 5.75 Å². The third-order valence-corrected chi connectivity index (χ3v) is 6.57. The van der Waals surface area contributed by atoms with Gasteiger partial charge in [0.15, 0.2) is 0 Å². The molecule has 8 heteroatoms. The first-order valence-corrected chi connectivity index (χ1v) is 10.0. The molecule has 0 aliphatic carbocycles. The molecule has 25 heavy (non-hydrogen) atoms. The minimum absolute atomic E-state index is 0.107. The van der Waals surface area contributed by atoms with E-state index in [2.05, 4.69) is 4.72 Å². The Morgan fingerprint density at radius 2 is 1.96 bits per heavy atom. The molecule has 6 nitrogen and oxygen atoms in total. The molecule has 2 aromatic rings. The van der Waals surface area contributed by atoms with E-state index in [9.17, 15) is 13.2 Å². The van der Waals surface area contributed by atoms with Crippen molar-refractivity contribution in [2.24, 2.45) is 0 Å². The SMILES string of the molecule is COc1ccc(C)cc1N(CCNS(=O)(=O)c1ccc(C)s1)C(C)=O. The van der Waals surface area contributed by atoms with Crippen LogP contribution in [0.5, 0.6) is 5.75 Å². The summed E-state index contributed by atoms with van der Waals surface area (Å²) in [5.74, 6) is 0.382. The Bertz CT molecular complexity index is 859. The molecule has 0 saturated heterocycles. The van der Waals surface area contributed by atoms with Crippen molar-refractivity contribution in [3.63, 3.8) is 0 Å². The molecule has 1 amide bonds. The summed E-state index contributed by atoms with van der Waals surface area (Å²) < 4.78 is 32.7. The zero-order valence-corrected chi connectivity index (χ0v) is 16.3. The van der Waals surface area contributed by atoms with E-state index in [1.54, 1.807) is 18.2 Å². The average Bonchev–Trinajstić information content (AvgIpc) is 2.98. The van der Waals surface area contributed by atoms with Crippen LogP contribution < -0.4 is 14.4 Å². The number of anilines is 1. The van der Waals surface area contributed by atoms with E-state index in [0.717, 1.165) is 10.4 Å². The fraction of sp³-hybridized carbons (Fsp3) is 0.353. The van der Waals surface area contributed by atoms with Gasteiger partial charge in [-0.2, -0.15) is 0 Å². The first-order chi connectivity index (χ1) is 11.7. The quantitative estimate of drug-likeness (QED) is 0.799. The van der Waals surface area contributed by atoms with Crippen LogP contribution in [0.4, 0.5) is 5.69 Å². The van der Waals surface area contributed by atoms with Crippen LogP contribution in [-0.4, -0.2) is 34.5 Å². The van der Waals surface area contributed by atoms with Crippen LogP contribution in [0.1, 0.15) is 17.4 Å². The van der Waals surface area contributed by atoms with Gasteiger partial charge in [-0.3, -0.25) is 4.79 Å². The fourth-order valence-corrected chi connectivity index (χ4v) is 4.73. The number of nitrogens with one attached hydrogen (secondary N) is 1. The Morgan fingerprint density at radius 1 is 1.24 bits per heavy atom. The summed E-state index contributed by atoms with van der Waals surface area (Å²) in [4.78, 5) is 14.5. The molecule has 0 aliphatic rings. The lowest BCUT2D eigenvalue weighted by atomic mass is 10.2. The topological polar surface area (TPSA) is 75.7 Å². The lowest BCUT2D eigenvalue weighted by Crippen LogP contribution is -2.37. The molecule has 2 rings (SSSR count). The number of ether oxygens (including phenoxy) is 1. The number of rotatable bonds is 7. The standard InChI is InChI=1S/C17H22N2O4S2/c1-12-5-7-16(23-4)15(11-12)19(14(3)20)10-9-18-25(21,22)17-8-6-13(2)24-17/h5-8,11,18H,9-10H2,1-4H3. The van der Waals surface area contributed by atoms with Gasteiger partial charge in [0, 0.05) is 24.9 Å². The first kappa shape index (κ1) is 19.4. The third kappa shape index (κ3) is 4.81. The molecule has 0 radical (unpaired) electrons. The summed E-state index contributed by atoms with van der Waals surface area (Å²) in [6.45, 7) is 5.53. The van der Waals surface area contributed by atoms with Gasteiger partial charge in [0.2, 0.25) is 15.9 Å². The van der Waals surface area contributed by atoms with Crippen molar-refractivity contribution in [1.82, 2.24) is 4.72 Å². The summed E-state index contributed by atoms with van der Waals surface area (Å²) in [5.41, 5.74) is 1.61. The average molecular weight is 383 g/mol. The molecule has 0 aliphatic heterocycles. The normalized spacial score (nSPS) is 11.4. The van der Waals surface area contributed by atoms with Crippen molar-refractivity contribution in [3.05, 3.63) is 40.8 Å². The van der Waals surface area contributed by atoms with Gasteiger partial charge >= 0.3 is 0 Å². The molecule has 0 saturated carbocycles. The second kappa shape index (κ2) is 7.99. The Labute approximate surface area is 152 Å². The van der Waals surface area contributed by atoms with Gasteiger partial charge in [0.25, 0.3) is 0 Å². The Hall–Kier alpha value is -1.90. The number of benzene rings is 1. The molecule has 0 bridgehead atoms. The van der Waals surface area contributed by atoms with Crippen molar-refractivity contribution in [2.75, 3.05) is 25.1 Å². The summed E-state index contributed by atoms with van der Waals surface area (Å²) >= 11 is 1.21. The van der Waals surface area contributed by atoms with Crippen LogP contribution >= 0.6 is 11.3 Å². The van der Waals surface area contributed by atoms with Crippen LogP contribution in [-0.2, 0) is 14.8 Å². The Balaban J connectivity index is 2.13. The molecule has 1 N–H and O–H groups in total. The largest absolute Gasteiger partial charge is 0.495 e. The lowest BCUT2D eigenvalue weighted by Gasteiger charge is -2.23. The molecular formula is C17H22N2O4S2. The van der Waals surface area contributed by atoms with Gasteiger partial charge in [-0.25, -0.2) is 13.1 Å². The van der Waals surface area contributed by atoms with Gasteiger partial charge in [0.05, 0.1) is 12.8 Å². The highest BCUT2D eigenvalue weighted by atomic mass is 32.2. The number of carbonyl (C=O) groups is 1. The van der Waals surface area contributed by atoms with Crippen molar-refractivity contribution in [2.45, 2.75) is 25.0 Å². The van der Waals surface area contributed by atoms with Crippen molar-refractivity contribution >= 4 is 33.0 Å². The van der Waals surface area contributed by atoms with E-state index < -0.39 is 10.0 Å². The monoisotopic (exact) mass is 382 g/mol. The number of amides is 1. The van der Waals surface area contributed by atoms with Crippen molar-refractivity contribution in [1.29, 1.82) is 0 Å². The van der Waals surface area contributed by atoms with Gasteiger partial charge in [-0.15, -0.1) is 11.3 Å². The zero-order valence-electron chi connectivity index (χ0n) is 14.7. The van der Waals surface area contributed by atoms with Gasteiger partial charge in [-0.05, 0) is 43.7 Å². The minimum Gasteiger partial charge on any atom is -0.495 e. The summed E-state index contributed by atoms with van der Waals surface area (Å²) in [7, 11) is -2.03. The van der Waals surface area contributed by atoms with Gasteiger partial charge in [0.1, 0.15) is 9.96 Å². The number of thiophene rings is 1. The third-order valence-electron chi connectivity index (χ3n) is 3.61. The Morgan fingerprint density at radius 3 is 2.52 bits per heavy atom. The summed E-state index contributed by atoms with van der Waals surface area (Å²) in [6, 6.07) is 8.87. The van der Waals surface area contributed by atoms with Crippen LogP contribution in [0.25, 0.3) is 0 Å². The highest BCUT2D eigenvalue weighted by molar-refractivity contribution is 7.91. The number of carbonyl (C=O) groups excluding carboxylic acids is 1. The number of aryl methyl sites for hydroxylation is 2. The number of hydrogen-bond acceptors (Lipinski definition) is 5. The predicted octanol–water partition coefficient (Wildman–Crippen LogP) is 2.70. The molecule has 0 unspecified atom stereocenters.